The van der Waals surface area contributed by atoms with Crippen molar-refractivity contribution in [1.82, 2.24) is 19.7 Å². The maximum Gasteiger partial charge on any atom is 0.281 e. The minimum absolute atomic E-state index is 0.114. The molecule has 0 bridgehead atoms. The SMILES string of the molecule is CC[C@@H](C(=O)NCc1ccco1)n1c(C)c2cnn(-c3ccccc3)c(=O)c2c1C. The summed E-state index contributed by atoms with van der Waals surface area (Å²) in [5.41, 5.74) is 2.13. The van der Waals surface area contributed by atoms with Crippen molar-refractivity contribution in [3.05, 3.63) is 82.4 Å². The summed E-state index contributed by atoms with van der Waals surface area (Å²) in [7, 11) is 0. The van der Waals surface area contributed by atoms with Crippen molar-refractivity contribution in [3.8, 4) is 5.69 Å². The second-order valence-corrected chi connectivity index (χ2v) is 7.25. The lowest BCUT2D eigenvalue weighted by Gasteiger charge is -2.20. The van der Waals surface area contributed by atoms with Crippen LogP contribution in [-0.2, 0) is 11.3 Å². The minimum atomic E-state index is -0.433. The number of amides is 1. The van der Waals surface area contributed by atoms with E-state index in [9.17, 15) is 9.59 Å². The van der Waals surface area contributed by atoms with Crippen molar-refractivity contribution in [2.24, 2.45) is 0 Å². The Morgan fingerprint density at radius 3 is 2.57 bits per heavy atom. The van der Waals surface area contributed by atoms with E-state index in [4.69, 9.17) is 4.42 Å². The molecule has 7 heteroatoms. The number of aromatic nitrogens is 3. The van der Waals surface area contributed by atoms with Crippen molar-refractivity contribution in [2.45, 2.75) is 39.8 Å². The van der Waals surface area contributed by atoms with Gasteiger partial charge in [0.25, 0.3) is 5.56 Å². The number of hydrogen-bond donors (Lipinski definition) is 1. The molecule has 4 rings (SSSR count). The van der Waals surface area contributed by atoms with Crippen LogP contribution in [0.2, 0.25) is 0 Å². The van der Waals surface area contributed by atoms with Gasteiger partial charge >= 0.3 is 0 Å². The molecule has 1 aromatic carbocycles. The first-order chi connectivity index (χ1) is 14.5. The highest BCUT2D eigenvalue weighted by atomic mass is 16.3. The molecule has 7 nitrogen and oxygen atoms in total. The zero-order valence-electron chi connectivity index (χ0n) is 17.3. The highest BCUT2D eigenvalue weighted by Crippen LogP contribution is 2.28. The fraction of sp³-hybridized carbons (Fsp3) is 0.261. The van der Waals surface area contributed by atoms with Crippen molar-refractivity contribution >= 4 is 16.7 Å². The average molecular weight is 404 g/mol. The van der Waals surface area contributed by atoms with Gasteiger partial charge in [0.15, 0.2) is 0 Å². The number of aryl methyl sites for hydroxylation is 2. The van der Waals surface area contributed by atoms with Crippen LogP contribution in [0, 0.1) is 13.8 Å². The van der Waals surface area contributed by atoms with E-state index in [1.807, 2.05) is 61.7 Å². The number of hydrogen-bond acceptors (Lipinski definition) is 4. The molecule has 3 aromatic heterocycles. The van der Waals surface area contributed by atoms with Crippen molar-refractivity contribution in [2.75, 3.05) is 0 Å². The summed E-state index contributed by atoms with van der Waals surface area (Å²) < 4.78 is 8.64. The lowest BCUT2D eigenvalue weighted by atomic mass is 10.2. The monoisotopic (exact) mass is 404 g/mol. The third-order valence-electron chi connectivity index (χ3n) is 5.47. The topological polar surface area (TPSA) is 82.1 Å². The van der Waals surface area contributed by atoms with Crippen LogP contribution in [0.4, 0.5) is 0 Å². The lowest BCUT2D eigenvalue weighted by molar-refractivity contribution is -0.124. The van der Waals surface area contributed by atoms with Gasteiger partial charge in [0.05, 0.1) is 30.1 Å². The van der Waals surface area contributed by atoms with Gasteiger partial charge in [0.2, 0.25) is 5.91 Å². The quantitative estimate of drug-likeness (QED) is 0.532. The molecule has 0 aliphatic heterocycles. The summed E-state index contributed by atoms with van der Waals surface area (Å²) in [5, 5.41) is 8.66. The molecule has 1 atom stereocenters. The molecule has 0 aliphatic rings. The number of nitrogens with one attached hydrogen (secondary N) is 1. The normalized spacial score (nSPS) is 12.2. The molecule has 0 saturated carbocycles. The fourth-order valence-electron chi connectivity index (χ4n) is 3.99. The number of furan rings is 1. The summed E-state index contributed by atoms with van der Waals surface area (Å²) in [6.45, 7) is 6.09. The number of benzene rings is 1. The van der Waals surface area contributed by atoms with E-state index in [1.165, 1.54) is 4.68 Å². The predicted molar refractivity (Wildman–Crippen MR) is 115 cm³/mol. The molecule has 0 fully saturated rings. The molecule has 0 aliphatic carbocycles. The molecular formula is C23H24N4O3. The third-order valence-corrected chi connectivity index (χ3v) is 5.47. The van der Waals surface area contributed by atoms with Crippen LogP contribution in [0.1, 0.15) is 36.5 Å². The molecule has 30 heavy (non-hydrogen) atoms. The number of rotatable bonds is 6. The van der Waals surface area contributed by atoms with Crippen LogP contribution in [0.15, 0.2) is 64.1 Å². The Labute approximate surface area is 173 Å². The maximum atomic E-state index is 13.3. The van der Waals surface area contributed by atoms with Crippen molar-refractivity contribution < 1.29 is 9.21 Å². The Kier molecular flexibility index (Phi) is 5.27. The molecule has 1 N–H and O–H groups in total. The van der Waals surface area contributed by atoms with E-state index >= 15 is 0 Å². The molecular weight excluding hydrogens is 380 g/mol. The van der Waals surface area contributed by atoms with Crippen molar-refractivity contribution in [3.63, 3.8) is 0 Å². The van der Waals surface area contributed by atoms with Crippen molar-refractivity contribution in [1.29, 1.82) is 0 Å². The summed E-state index contributed by atoms with van der Waals surface area (Å²) in [6.07, 6.45) is 3.87. The van der Waals surface area contributed by atoms with Gasteiger partial charge < -0.3 is 14.3 Å². The predicted octanol–water partition coefficient (Wildman–Crippen LogP) is 3.66. The summed E-state index contributed by atoms with van der Waals surface area (Å²) in [6, 6.07) is 12.5. The van der Waals surface area contributed by atoms with Crippen LogP contribution in [0.3, 0.4) is 0 Å². The van der Waals surface area contributed by atoms with Gasteiger partial charge in [-0.05, 0) is 44.5 Å². The van der Waals surface area contributed by atoms with E-state index in [0.29, 0.717) is 29.8 Å². The molecule has 3 heterocycles. The van der Waals surface area contributed by atoms with E-state index in [2.05, 4.69) is 10.4 Å². The second kappa shape index (κ2) is 8.02. The number of carbonyl (C=O) groups excluding carboxylic acids is 1. The molecule has 154 valence electrons. The number of nitrogens with zero attached hydrogens (tertiary/aromatic N) is 3. The molecule has 0 spiro atoms. The fourth-order valence-corrected chi connectivity index (χ4v) is 3.99. The molecule has 0 saturated heterocycles. The Morgan fingerprint density at radius 2 is 1.90 bits per heavy atom. The van der Waals surface area contributed by atoms with Gasteiger partial charge in [0.1, 0.15) is 11.8 Å². The first-order valence-electron chi connectivity index (χ1n) is 9.97. The number of fused-ring (bicyclic) bond motifs is 1. The first kappa shape index (κ1) is 19.7. The molecule has 0 unspecified atom stereocenters. The average Bonchev–Trinajstić information content (AvgIpc) is 3.36. The minimum Gasteiger partial charge on any atom is -0.467 e. The molecule has 4 aromatic rings. The lowest BCUT2D eigenvalue weighted by Crippen LogP contribution is -2.32. The number of para-hydroxylation sites is 1. The molecule has 0 radical (unpaired) electrons. The standard InChI is InChI=1S/C23H24N4O3/c1-4-20(22(28)24-13-18-11-8-12-30-18)26-15(2)19-14-25-27(17-9-6-5-7-10-17)23(29)21(19)16(26)3/h5-12,14,20H,4,13H2,1-3H3,(H,24,28)/t20-/m0/s1. The summed E-state index contributed by atoms with van der Waals surface area (Å²) in [4.78, 5) is 26.2. The Bertz CT molecular complexity index is 1240. The maximum absolute atomic E-state index is 13.3. The van der Waals surface area contributed by atoms with Gasteiger partial charge in [-0.1, -0.05) is 25.1 Å². The smallest absolute Gasteiger partial charge is 0.281 e. The van der Waals surface area contributed by atoms with E-state index in [0.717, 1.165) is 16.8 Å². The first-order valence-corrected chi connectivity index (χ1v) is 9.97. The second-order valence-electron chi connectivity index (χ2n) is 7.25. The largest absolute Gasteiger partial charge is 0.467 e. The zero-order valence-corrected chi connectivity index (χ0v) is 17.3. The molecule has 1 amide bonds. The van der Waals surface area contributed by atoms with E-state index < -0.39 is 6.04 Å². The Morgan fingerprint density at radius 1 is 1.13 bits per heavy atom. The van der Waals surface area contributed by atoms with E-state index in [-0.39, 0.29) is 11.5 Å². The Hall–Kier alpha value is -3.61. The van der Waals surface area contributed by atoms with Gasteiger partial charge in [0, 0.05) is 16.8 Å². The van der Waals surface area contributed by atoms with Crippen LogP contribution < -0.4 is 10.9 Å². The van der Waals surface area contributed by atoms with E-state index in [1.54, 1.807) is 18.5 Å². The van der Waals surface area contributed by atoms with Gasteiger partial charge in [-0.3, -0.25) is 9.59 Å². The van der Waals surface area contributed by atoms with Crippen LogP contribution in [0.25, 0.3) is 16.5 Å². The third kappa shape index (κ3) is 3.32. The highest BCUT2D eigenvalue weighted by molar-refractivity contribution is 5.89. The summed E-state index contributed by atoms with van der Waals surface area (Å²) >= 11 is 0. The summed E-state index contributed by atoms with van der Waals surface area (Å²) in [5.74, 6) is 0.580. The van der Waals surface area contributed by atoms with Gasteiger partial charge in [-0.2, -0.15) is 9.78 Å². The highest BCUT2D eigenvalue weighted by Gasteiger charge is 2.25. The Balaban J connectivity index is 1.76. The van der Waals surface area contributed by atoms with Gasteiger partial charge in [-0.15, -0.1) is 0 Å². The number of carbonyl (C=O) groups is 1. The zero-order chi connectivity index (χ0) is 21.3. The van der Waals surface area contributed by atoms with Gasteiger partial charge in [-0.25, -0.2) is 0 Å². The van der Waals surface area contributed by atoms with Crippen LogP contribution >= 0.6 is 0 Å². The van der Waals surface area contributed by atoms with Crippen LogP contribution in [0.5, 0.6) is 0 Å². The van der Waals surface area contributed by atoms with Crippen LogP contribution in [-0.4, -0.2) is 20.3 Å².